The Kier molecular flexibility index (Phi) is 3.91. The van der Waals surface area contributed by atoms with Gasteiger partial charge in [-0.2, -0.15) is 5.26 Å². The number of aryl methyl sites for hydroxylation is 1. The van der Waals surface area contributed by atoms with Gasteiger partial charge in [-0.1, -0.05) is 0 Å². The number of aromatic nitrogens is 1. The lowest BCUT2D eigenvalue weighted by Gasteiger charge is -2.15. The minimum atomic E-state index is -4.83. The van der Waals surface area contributed by atoms with Gasteiger partial charge < -0.3 is 10.5 Å². The van der Waals surface area contributed by atoms with Gasteiger partial charge in [0.25, 0.3) is 0 Å². The lowest BCUT2D eigenvalue weighted by atomic mass is 10.1. The number of ether oxygens (including phenoxy) is 1. The van der Waals surface area contributed by atoms with Gasteiger partial charge >= 0.3 is 6.36 Å². The van der Waals surface area contributed by atoms with Gasteiger partial charge in [-0.05, 0) is 13.0 Å². The molecule has 1 aromatic heterocycles. The zero-order chi connectivity index (χ0) is 13.1. The Morgan fingerprint density at radius 2 is 2.18 bits per heavy atom. The van der Waals surface area contributed by atoms with Crippen molar-refractivity contribution in [2.45, 2.75) is 26.3 Å². The third-order valence-electron chi connectivity index (χ3n) is 1.93. The number of rotatable bonds is 3. The molecule has 0 aliphatic rings. The van der Waals surface area contributed by atoms with Gasteiger partial charge in [-0.25, -0.2) is 0 Å². The van der Waals surface area contributed by atoms with Crippen LogP contribution in [-0.4, -0.2) is 11.3 Å². The molecule has 0 aromatic carbocycles. The second-order valence-corrected chi connectivity index (χ2v) is 3.29. The standard InChI is InChI=1S/C10H10F3N3O/c1-6-4-7(2-3-14)9(8(5-15)16-6)17-10(11,12)13/h4H,2,5,15H2,1H3. The van der Waals surface area contributed by atoms with E-state index in [0.717, 1.165) is 0 Å². The van der Waals surface area contributed by atoms with Crippen LogP contribution in [-0.2, 0) is 13.0 Å². The largest absolute Gasteiger partial charge is 0.573 e. The average Bonchev–Trinajstić information content (AvgIpc) is 2.20. The molecular formula is C10H10F3N3O. The minimum Gasteiger partial charge on any atom is -0.403 e. The minimum absolute atomic E-state index is 0.00687. The van der Waals surface area contributed by atoms with Crippen LogP contribution in [0, 0.1) is 18.3 Å². The van der Waals surface area contributed by atoms with Crippen molar-refractivity contribution in [3.8, 4) is 11.8 Å². The first kappa shape index (κ1) is 13.3. The monoisotopic (exact) mass is 245 g/mol. The van der Waals surface area contributed by atoms with Gasteiger partial charge in [-0.15, -0.1) is 13.2 Å². The zero-order valence-electron chi connectivity index (χ0n) is 9.01. The quantitative estimate of drug-likeness (QED) is 0.881. The lowest BCUT2D eigenvalue weighted by molar-refractivity contribution is -0.275. The highest BCUT2D eigenvalue weighted by atomic mass is 19.4. The molecule has 0 fully saturated rings. The molecule has 0 spiro atoms. The van der Waals surface area contributed by atoms with E-state index in [9.17, 15) is 13.2 Å². The van der Waals surface area contributed by atoms with Gasteiger partial charge in [0.15, 0.2) is 5.75 Å². The van der Waals surface area contributed by atoms with Crippen molar-refractivity contribution in [1.29, 1.82) is 5.26 Å². The molecule has 0 saturated carbocycles. The molecule has 1 heterocycles. The maximum Gasteiger partial charge on any atom is 0.573 e. The van der Waals surface area contributed by atoms with E-state index in [-0.39, 0.29) is 24.2 Å². The van der Waals surface area contributed by atoms with Crippen LogP contribution in [0.3, 0.4) is 0 Å². The van der Waals surface area contributed by atoms with Crippen LogP contribution in [0.5, 0.6) is 5.75 Å². The first-order chi connectivity index (χ1) is 7.87. The molecule has 0 unspecified atom stereocenters. The fraction of sp³-hybridized carbons (Fsp3) is 0.400. The Labute approximate surface area is 95.8 Å². The zero-order valence-corrected chi connectivity index (χ0v) is 9.01. The van der Waals surface area contributed by atoms with Crippen molar-refractivity contribution in [3.05, 3.63) is 23.0 Å². The number of hydrogen-bond acceptors (Lipinski definition) is 4. The molecule has 0 amide bonds. The number of nitriles is 1. The van der Waals surface area contributed by atoms with Crippen molar-refractivity contribution in [2.24, 2.45) is 5.73 Å². The van der Waals surface area contributed by atoms with E-state index >= 15 is 0 Å². The van der Waals surface area contributed by atoms with Gasteiger partial charge in [-0.3, -0.25) is 4.98 Å². The molecule has 17 heavy (non-hydrogen) atoms. The Hall–Kier alpha value is -1.81. The normalized spacial score (nSPS) is 11.1. The summed E-state index contributed by atoms with van der Waals surface area (Å²) in [6, 6.07) is 3.15. The average molecular weight is 245 g/mol. The van der Waals surface area contributed by atoms with E-state index in [1.54, 1.807) is 13.0 Å². The predicted molar refractivity (Wildman–Crippen MR) is 52.9 cm³/mol. The molecule has 1 aromatic rings. The number of pyridine rings is 1. The molecular weight excluding hydrogens is 235 g/mol. The van der Waals surface area contributed by atoms with Gasteiger partial charge in [0.1, 0.15) is 0 Å². The third kappa shape index (κ3) is 3.60. The number of nitrogens with zero attached hydrogens (tertiary/aromatic N) is 2. The molecule has 0 atom stereocenters. The molecule has 7 heteroatoms. The number of halogens is 3. The first-order valence-corrected chi connectivity index (χ1v) is 4.69. The van der Waals surface area contributed by atoms with E-state index in [2.05, 4.69) is 9.72 Å². The smallest absolute Gasteiger partial charge is 0.403 e. The van der Waals surface area contributed by atoms with Gasteiger partial charge in [0.2, 0.25) is 0 Å². The first-order valence-electron chi connectivity index (χ1n) is 4.69. The van der Waals surface area contributed by atoms with E-state index < -0.39 is 12.1 Å². The summed E-state index contributed by atoms with van der Waals surface area (Å²) in [5, 5.41) is 8.56. The molecule has 0 aliphatic carbocycles. The predicted octanol–water partition coefficient (Wildman–Crippen LogP) is 1.81. The topological polar surface area (TPSA) is 71.9 Å². The Balaban J connectivity index is 3.27. The van der Waals surface area contributed by atoms with Gasteiger partial charge in [0.05, 0.1) is 18.2 Å². The number of nitrogens with two attached hydrogens (primary N) is 1. The summed E-state index contributed by atoms with van der Waals surface area (Å²) < 4.78 is 40.5. The molecule has 4 nitrogen and oxygen atoms in total. The van der Waals surface area contributed by atoms with Crippen molar-refractivity contribution >= 4 is 0 Å². The van der Waals surface area contributed by atoms with Crippen LogP contribution in [0.2, 0.25) is 0 Å². The van der Waals surface area contributed by atoms with Crippen molar-refractivity contribution in [3.63, 3.8) is 0 Å². The van der Waals surface area contributed by atoms with Crippen LogP contribution in [0.4, 0.5) is 13.2 Å². The fourth-order valence-corrected chi connectivity index (χ4v) is 1.39. The summed E-state index contributed by atoms with van der Waals surface area (Å²) in [7, 11) is 0. The van der Waals surface area contributed by atoms with E-state index in [4.69, 9.17) is 11.0 Å². The van der Waals surface area contributed by atoms with Crippen molar-refractivity contribution < 1.29 is 17.9 Å². The highest BCUT2D eigenvalue weighted by Gasteiger charge is 2.33. The second kappa shape index (κ2) is 5.01. The lowest BCUT2D eigenvalue weighted by Crippen LogP contribution is -2.20. The van der Waals surface area contributed by atoms with E-state index in [1.165, 1.54) is 6.07 Å². The summed E-state index contributed by atoms with van der Waals surface area (Å²) in [6.07, 6.45) is -5.02. The summed E-state index contributed by atoms with van der Waals surface area (Å²) in [5.74, 6) is -0.466. The van der Waals surface area contributed by atoms with Crippen LogP contribution < -0.4 is 10.5 Å². The maximum atomic E-state index is 12.2. The number of alkyl halides is 3. The molecule has 0 radical (unpaired) electrons. The van der Waals surface area contributed by atoms with Crippen LogP contribution >= 0.6 is 0 Å². The summed E-state index contributed by atoms with van der Waals surface area (Å²) in [5.41, 5.74) is 5.93. The molecule has 0 aliphatic heterocycles. The molecule has 0 saturated heterocycles. The van der Waals surface area contributed by atoms with E-state index in [1.807, 2.05) is 0 Å². The third-order valence-corrected chi connectivity index (χ3v) is 1.93. The molecule has 1 rings (SSSR count). The number of hydrogen-bond donors (Lipinski definition) is 1. The van der Waals surface area contributed by atoms with Crippen LogP contribution in [0.1, 0.15) is 17.0 Å². The van der Waals surface area contributed by atoms with Crippen LogP contribution in [0.25, 0.3) is 0 Å². The molecule has 2 N–H and O–H groups in total. The highest BCUT2D eigenvalue weighted by molar-refractivity contribution is 5.40. The van der Waals surface area contributed by atoms with Crippen LogP contribution in [0.15, 0.2) is 6.07 Å². The maximum absolute atomic E-state index is 12.2. The summed E-state index contributed by atoms with van der Waals surface area (Å²) >= 11 is 0. The summed E-state index contributed by atoms with van der Waals surface area (Å²) in [6.45, 7) is 1.42. The van der Waals surface area contributed by atoms with Crippen molar-refractivity contribution in [2.75, 3.05) is 0 Å². The Morgan fingerprint density at radius 1 is 1.53 bits per heavy atom. The summed E-state index contributed by atoms with van der Waals surface area (Å²) in [4.78, 5) is 3.86. The Bertz CT molecular complexity index is 451. The Morgan fingerprint density at radius 3 is 2.65 bits per heavy atom. The van der Waals surface area contributed by atoms with Crippen molar-refractivity contribution in [1.82, 2.24) is 4.98 Å². The molecule has 0 bridgehead atoms. The highest BCUT2D eigenvalue weighted by Crippen LogP contribution is 2.30. The van der Waals surface area contributed by atoms with E-state index in [0.29, 0.717) is 5.69 Å². The fourth-order valence-electron chi connectivity index (χ4n) is 1.39. The molecule has 92 valence electrons. The second-order valence-electron chi connectivity index (χ2n) is 3.29. The SMILES string of the molecule is Cc1cc(CC#N)c(OC(F)(F)F)c(CN)n1. The van der Waals surface area contributed by atoms with Gasteiger partial charge in [0, 0.05) is 17.8 Å².